The van der Waals surface area contributed by atoms with Crippen molar-refractivity contribution in [1.29, 1.82) is 0 Å². The zero-order valence-corrected chi connectivity index (χ0v) is 13.0. The zero-order valence-electron chi connectivity index (χ0n) is 12.1. The molecule has 0 atom stereocenters. The van der Waals surface area contributed by atoms with Gasteiger partial charge in [0.05, 0.1) is 11.5 Å². The fraction of sp³-hybridized carbons (Fsp3) is 0.600. The van der Waals surface area contributed by atoms with Gasteiger partial charge in [0.2, 0.25) is 10.0 Å². The predicted molar refractivity (Wildman–Crippen MR) is 78.9 cm³/mol. The summed E-state index contributed by atoms with van der Waals surface area (Å²) in [5.74, 6) is 0. The maximum atomic E-state index is 12.3. The topological polar surface area (TPSA) is 66.4 Å². The second-order valence-corrected chi connectivity index (χ2v) is 7.59. The van der Waals surface area contributed by atoms with Gasteiger partial charge in [-0.1, -0.05) is 19.4 Å². The van der Waals surface area contributed by atoms with Gasteiger partial charge in [0, 0.05) is 6.54 Å². The minimum absolute atomic E-state index is 0.144. The van der Waals surface area contributed by atoms with Crippen molar-refractivity contribution in [1.82, 2.24) is 4.72 Å². The number of hydrogen-bond acceptors (Lipinski definition) is 3. The first-order chi connectivity index (χ1) is 9.42. The molecule has 4 nitrogen and oxygen atoms in total. The molecule has 0 spiro atoms. The largest absolute Gasteiger partial charge is 0.392 e. The van der Waals surface area contributed by atoms with E-state index in [-0.39, 0.29) is 16.9 Å². The molecule has 2 rings (SSSR count). The van der Waals surface area contributed by atoms with Gasteiger partial charge in [-0.05, 0) is 54.9 Å². The Morgan fingerprint density at radius 2 is 2.05 bits per heavy atom. The summed E-state index contributed by atoms with van der Waals surface area (Å²) in [7, 11) is -3.48. The van der Waals surface area contributed by atoms with Crippen LogP contribution in [0, 0.1) is 12.3 Å². The number of rotatable bonds is 7. The molecule has 0 aromatic heterocycles. The smallest absolute Gasteiger partial charge is 0.240 e. The molecular weight excluding hydrogens is 274 g/mol. The van der Waals surface area contributed by atoms with Crippen LogP contribution in [0.1, 0.15) is 43.7 Å². The van der Waals surface area contributed by atoms with Crippen LogP contribution < -0.4 is 4.72 Å². The van der Waals surface area contributed by atoms with Gasteiger partial charge in [0.25, 0.3) is 0 Å². The summed E-state index contributed by atoms with van der Waals surface area (Å²) >= 11 is 0. The van der Waals surface area contributed by atoms with Gasteiger partial charge in [0.1, 0.15) is 0 Å². The van der Waals surface area contributed by atoms with Gasteiger partial charge in [0.15, 0.2) is 0 Å². The van der Waals surface area contributed by atoms with Crippen LogP contribution in [-0.4, -0.2) is 20.1 Å². The number of sulfonamides is 1. The van der Waals surface area contributed by atoms with E-state index in [0.717, 1.165) is 31.2 Å². The number of aliphatic hydroxyl groups is 1. The maximum Gasteiger partial charge on any atom is 0.240 e. The van der Waals surface area contributed by atoms with Crippen molar-refractivity contribution in [3.8, 4) is 0 Å². The summed E-state index contributed by atoms with van der Waals surface area (Å²) in [5.41, 5.74) is 1.74. The second-order valence-electron chi connectivity index (χ2n) is 5.82. The van der Waals surface area contributed by atoms with E-state index < -0.39 is 10.0 Å². The summed E-state index contributed by atoms with van der Waals surface area (Å²) < 4.78 is 27.3. The molecule has 20 heavy (non-hydrogen) atoms. The van der Waals surface area contributed by atoms with E-state index in [2.05, 4.69) is 11.6 Å². The van der Waals surface area contributed by atoms with Crippen LogP contribution in [0.4, 0.5) is 0 Å². The van der Waals surface area contributed by atoms with Crippen LogP contribution >= 0.6 is 0 Å². The number of hydrogen-bond donors (Lipinski definition) is 2. The number of benzene rings is 1. The number of aliphatic hydroxyl groups excluding tert-OH is 1. The van der Waals surface area contributed by atoms with E-state index >= 15 is 0 Å². The van der Waals surface area contributed by atoms with E-state index in [1.54, 1.807) is 18.2 Å². The molecule has 1 saturated carbocycles. The second kappa shape index (κ2) is 5.84. The monoisotopic (exact) mass is 297 g/mol. The first-order valence-electron chi connectivity index (χ1n) is 7.12. The fourth-order valence-electron chi connectivity index (χ4n) is 2.54. The highest BCUT2D eigenvalue weighted by molar-refractivity contribution is 7.89. The van der Waals surface area contributed by atoms with Gasteiger partial charge in [-0.25, -0.2) is 13.1 Å². The summed E-state index contributed by atoms with van der Waals surface area (Å²) in [6, 6.07) is 4.88. The average Bonchev–Trinajstić information content (AvgIpc) is 3.18. The predicted octanol–water partition coefficient (Wildman–Crippen LogP) is 2.35. The Hall–Kier alpha value is -0.910. The standard InChI is InChI=1S/C15H23NO3S/c1-3-6-15(7-8-15)11-16-20(18,19)14-5-4-12(2)13(9-14)10-17/h4-5,9,16-17H,3,6-8,10-11H2,1-2H3. The molecule has 0 radical (unpaired) electrons. The third-order valence-corrected chi connectivity index (χ3v) is 5.57. The van der Waals surface area contributed by atoms with Crippen LogP contribution in [0.15, 0.2) is 23.1 Å². The summed E-state index contributed by atoms with van der Waals surface area (Å²) in [6.45, 7) is 4.36. The first kappa shape index (κ1) is 15.5. The van der Waals surface area contributed by atoms with Crippen LogP contribution in [0.25, 0.3) is 0 Å². The molecule has 0 bridgehead atoms. The molecule has 0 heterocycles. The highest BCUT2D eigenvalue weighted by Crippen LogP contribution is 2.49. The Morgan fingerprint density at radius 1 is 1.35 bits per heavy atom. The minimum Gasteiger partial charge on any atom is -0.392 e. The van der Waals surface area contributed by atoms with Crippen LogP contribution in [-0.2, 0) is 16.6 Å². The van der Waals surface area contributed by atoms with Gasteiger partial charge in [-0.2, -0.15) is 0 Å². The molecule has 1 aromatic rings. The summed E-state index contributed by atoms with van der Waals surface area (Å²) in [6.07, 6.45) is 4.38. The van der Waals surface area contributed by atoms with E-state index in [0.29, 0.717) is 12.1 Å². The molecular formula is C15H23NO3S. The maximum absolute atomic E-state index is 12.3. The third-order valence-electron chi connectivity index (χ3n) is 4.18. The Bertz CT molecular complexity index is 577. The van der Waals surface area contributed by atoms with E-state index in [1.807, 2.05) is 6.92 Å². The van der Waals surface area contributed by atoms with E-state index in [4.69, 9.17) is 0 Å². The lowest BCUT2D eigenvalue weighted by atomic mass is 10.0. The molecule has 1 fully saturated rings. The molecule has 5 heteroatoms. The Labute approximate surface area is 121 Å². The van der Waals surface area contributed by atoms with Crippen molar-refractivity contribution in [3.05, 3.63) is 29.3 Å². The van der Waals surface area contributed by atoms with Gasteiger partial charge >= 0.3 is 0 Å². The van der Waals surface area contributed by atoms with Gasteiger partial charge in [-0.15, -0.1) is 0 Å². The van der Waals surface area contributed by atoms with Crippen molar-refractivity contribution in [2.45, 2.75) is 51.0 Å². The Kier molecular flexibility index (Phi) is 4.52. The molecule has 1 aromatic carbocycles. The molecule has 0 saturated heterocycles. The van der Waals surface area contributed by atoms with Crippen molar-refractivity contribution < 1.29 is 13.5 Å². The Balaban J connectivity index is 2.10. The zero-order chi connectivity index (χ0) is 14.8. The molecule has 0 amide bonds. The average molecular weight is 297 g/mol. The quantitative estimate of drug-likeness (QED) is 0.812. The Morgan fingerprint density at radius 3 is 2.60 bits per heavy atom. The molecule has 2 N–H and O–H groups in total. The first-order valence-corrected chi connectivity index (χ1v) is 8.61. The lowest BCUT2D eigenvalue weighted by Gasteiger charge is -2.15. The molecule has 1 aliphatic carbocycles. The van der Waals surface area contributed by atoms with E-state index in [9.17, 15) is 13.5 Å². The lowest BCUT2D eigenvalue weighted by Crippen LogP contribution is -2.30. The lowest BCUT2D eigenvalue weighted by molar-refractivity contribution is 0.280. The van der Waals surface area contributed by atoms with Crippen LogP contribution in [0.3, 0.4) is 0 Å². The van der Waals surface area contributed by atoms with Crippen molar-refractivity contribution in [3.63, 3.8) is 0 Å². The molecule has 112 valence electrons. The number of aryl methyl sites for hydroxylation is 1. The molecule has 0 unspecified atom stereocenters. The fourth-order valence-corrected chi connectivity index (χ4v) is 3.75. The third kappa shape index (κ3) is 3.40. The molecule has 1 aliphatic rings. The van der Waals surface area contributed by atoms with Crippen molar-refractivity contribution >= 4 is 10.0 Å². The van der Waals surface area contributed by atoms with Crippen molar-refractivity contribution in [2.24, 2.45) is 5.41 Å². The van der Waals surface area contributed by atoms with Crippen molar-refractivity contribution in [2.75, 3.05) is 6.54 Å². The van der Waals surface area contributed by atoms with Crippen LogP contribution in [0.2, 0.25) is 0 Å². The minimum atomic E-state index is -3.48. The summed E-state index contributed by atoms with van der Waals surface area (Å²) in [4.78, 5) is 0.236. The highest BCUT2D eigenvalue weighted by atomic mass is 32.2. The van der Waals surface area contributed by atoms with Gasteiger partial charge < -0.3 is 5.11 Å². The highest BCUT2D eigenvalue weighted by Gasteiger charge is 2.42. The molecule has 0 aliphatic heterocycles. The SMILES string of the molecule is CCCC1(CNS(=O)(=O)c2ccc(C)c(CO)c2)CC1. The van der Waals surface area contributed by atoms with Crippen LogP contribution in [0.5, 0.6) is 0 Å². The summed E-state index contributed by atoms with van der Waals surface area (Å²) in [5, 5.41) is 9.23. The van der Waals surface area contributed by atoms with E-state index in [1.165, 1.54) is 0 Å². The van der Waals surface area contributed by atoms with Gasteiger partial charge in [-0.3, -0.25) is 0 Å². The normalized spacial score (nSPS) is 17.1. The number of nitrogens with one attached hydrogen (secondary N) is 1.